The monoisotopic (exact) mass is 377 g/mol. The number of non-ortho nitro benzene ring substituents is 1. The molecule has 8 nitrogen and oxygen atoms in total. The maximum absolute atomic E-state index is 12.0. The molecule has 1 fully saturated rings. The third-order valence-electron chi connectivity index (χ3n) is 5.33. The molecule has 0 radical (unpaired) electrons. The van der Waals surface area contributed by atoms with Gasteiger partial charge in [0.2, 0.25) is 0 Å². The number of hydrogen-bond donors (Lipinski definition) is 2. The van der Waals surface area contributed by atoms with Crippen molar-refractivity contribution in [1.82, 2.24) is 10.6 Å². The van der Waals surface area contributed by atoms with E-state index < -0.39 is 10.3 Å². The molecule has 1 aliphatic carbocycles. The largest absolute Gasteiger partial charge is 0.384 e. The number of amides is 1. The van der Waals surface area contributed by atoms with E-state index in [0.717, 1.165) is 19.3 Å². The van der Waals surface area contributed by atoms with Gasteiger partial charge in [0, 0.05) is 49.9 Å². The SMILES string of the molecule is COCC(C)(C=O)C1CC1(C)CNCCNC(=O)c1ccc([N+](=O)[O-])cc1. The van der Waals surface area contributed by atoms with Crippen molar-refractivity contribution in [3.8, 4) is 0 Å². The molecule has 8 heteroatoms. The minimum atomic E-state index is -0.500. The zero-order valence-electron chi connectivity index (χ0n) is 16.0. The molecule has 0 saturated heterocycles. The Bertz CT molecular complexity index is 693. The molecule has 27 heavy (non-hydrogen) atoms. The molecule has 1 amide bonds. The number of nitrogens with zero attached hydrogens (tertiary/aromatic N) is 1. The van der Waals surface area contributed by atoms with Crippen LogP contribution in [0.15, 0.2) is 24.3 Å². The number of hydrogen-bond acceptors (Lipinski definition) is 6. The Morgan fingerprint density at radius 1 is 1.41 bits per heavy atom. The number of methoxy groups -OCH3 is 1. The van der Waals surface area contributed by atoms with Gasteiger partial charge in [-0.1, -0.05) is 13.8 Å². The summed E-state index contributed by atoms with van der Waals surface area (Å²) in [6.45, 7) is 6.31. The van der Waals surface area contributed by atoms with Gasteiger partial charge < -0.3 is 20.2 Å². The molecule has 0 aromatic heterocycles. The van der Waals surface area contributed by atoms with E-state index in [2.05, 4.69) is 17.6 Å². The van der Waals surface area contributed by atoms with E-state index in [1.54, 1.807) is 7.11 Å². The van der Waals surface area contributed by atoms with Crippen LogP contribution in [0.2, 0.25) is 0 Å². The van der Waals surface area contributed by atoms with E-state index in [1.807, 2.05) is 6.92 Å². The van der Waals surface area contributed by atoms with Crippen LogP contribution in [0.25, 0.3) is 0 Å². The first-order valence-corrected chi connectivity index (χ1v) is 8.94. The molecule has 1 saturated carbocycles. The van der Waals surface area contributed by atoms with Gasteiger partial charge in [-0.2, -0.15) is 0 Å². The lowest BCUT2D eigenvalue weighted by Gasteiger charge is -2.25. The van der Waals surface area contributed by atoms with Crippen LogP contribution in [-0.2, 0) is 9.53 Å². The number of aldehydes is 1. The van der Waals surface area contributed by atoms with E-state index in [4.69, 9.17) is 4.74 Å². The van der Waals surface area contributed by atoms with Gasteiger partial charge in [-0.3, -0.25) is 14.9 Å². The van der Waals surface area contributed by atoms with Crippen molar-refractivity contribution in [2.24, 2.45) is 16.7 Å². The van der Waals surface area contributed by atoms with E-state index in [-0.39, 0.29) is 22.9 Å². The lowest BCUT2D eigenvalue weighted by atomic mass is 9.83. The van der Waals surface area contributed by atoms with Crippen molar-refractivity contribution >= 4 is 17.9 Å². The highest BCUT2D eigenvalue weighted by Gasteiger charge is 2.58. The summed E-state index contributed by atoms with van der Waals surface area (Å²) in [5.74, 6) is 0.0143. The smallest absolute Gasteiger partial charge is 0.269 e. The Morgan fingerprint density at radius 3 is 2.63 bits per heavy atom. The highest BCUT2D eigenvalue weighted by Crippen LogP contribution is 2.59. The Balaban J connectivity index is 1.71. The average Bonchev–Trinajstić information content (AvgIpc) is 3.34. The van der Waals surface area contributed by atoms with Crippen LogP contribution in [0.3, 0.4) is 0 Å². The standard InChI is InChI=1S/C19H27N3O5/c1-18(10-16(18)19(2,12-23)13-27-3)11-20-8-9-21-17(24)14-4-6-15(7-5-14)22(25)26/h4-7,12,16,20H,8-11,13H2,1-3H3,(H,21,24). The summed E-state index contributed by atoms with van der Waals surface area (Å²) in [6.07, 6.45) is 1.96. The molecular formula is C19H27N3O5. The molecule has 2 N–H and O–H groups in total. The number of carbonyl (C=O) groups excluding carboxylic acids is 2. The molecule has 148 valence electrons. The Labute approximate surface area is 158 Å². The molecule has 0 aliphatic heterocycles. The van der Waals surface area contributed by atoms with Crippen molar-refractivity contribution in [2.45, 2.75) is 20.3 Å². The summed E-state index contributed by atoms with van der Waals surface area (Å²) in [5, 5.41) is 16.7. The Hall–Kier alpha value is -2.32. The molecule has 0 bridgehead atoms. The number of nitro benzene ring substituents is 1. The third-order valence-corrected chi connectivity index (χ3v) is 5.33. The lowest BCUT2D eigenvalue weighted by molar-refractivity contribution is -0.384. The van der Waals surface area contributed by atoms with Crippen LogP contribution in [0, 0.1) is 26.9 Å². The number of benzene rings is 1. The van der Waals surface area contributed by atoms with Gasteiger partial charge in [0.25, 0.3) is 11.6 Å². The van der Waals surface area contributed by atoms with Crippen molar-refractivity contribution in [3.63, 3.8) is 0 Å². The first kappa shape index (κ1) is 21.0. The predicted octanol–water partition coefficient (Wildman–Crippen LogP) is 1.79. The molecule has 1 aromatic carbocycles. The van der Waals surface area contributed by atoms with Crippen molar-refractivity contribution in [1.29, 1.82) is 0 Å². The Kier molecular flexibility index (Phi) is 6.67. The van der Waals surface area contributed by atoms with Gasteiger partial charge in [0.1, 0.15) is 6.29 Å². The van der Waals surface area contributed by atoms with Crippen molar-refractivity contribution < 1.29 is 19.2 Å². The van der Waals surface area contributed by atoms with Crippen LogP contribution >= 0.6 is 0 Å². The first-order valence-electron chi connectivity index (χ1n) is 8.94. The summed E-state index contributed by atoms with van der Waals surface area (Å²) >= 11 is 0. The third kappa shape index (κ3) is 5.11. The van der Waals surface area contributed by atoms with Crippen molar-refractivity contribution in [3.05, 3.63) is 39.9 Å². The van der Waals surface area contributed by atoms with E-state index in [0.29, 0.717) is 25.3 Å². The van der Waals surface area contributed by atoms with E-state index in [1.165, 1.54) is 24.3 Å². The fourth-order valence-corrected chi connectivity index (χ4v) is 3.63. The predicted molar refractivity (Wildman–Crippen MR) is 101 cm³/mol. The topological polar surface area (TPSA) is 111 Å². The minimum absolute atomic E-state index is 0.0451. The molecule has 3 atom stereocenters. The van der Waals surface area contributed by atoms with Crippen LogP contribution in [0.4, 0.5) is 5.69 Å². The van der Waals surface area contributed by atoms with Gasteiger partial charge in [0.05, 0.1) is 11.5 Å². The minimum Gasteiger partial charge on any atom is -0.384 e. The maximum atomic E-state index is 12.0. The van der Waals surface area contributed by atoms with Gasteiger partial charge in [-0.15, -0.1) is 0 Å². The van der Waals surface area contributed by atoms with Gasteiger partial charge in [-0.25, -0.2) is 0 Å². The second kappa shape index (κ2) is 8.58. The summed E-state index contributed by atoms with van der Waals surface area (Å²) < 4.78 is 5.19. The summed E-state index contributed by atoms with van der Waals surface area (Å²) in [4.78, 5) is 33.6. The molecule has 2 rings (SSSR count). The molecular weight excluding hydrogens is 350 g/mol. The molecule has 0 heterocycles. The second-order valence-corrected chi connectivity index (χ2v) is 7.70. The molecule has 1 aromatic rings. The number of ether oxygens (including phenoxy) is 1. The van der Waals surface area contributed by atoms with E-state index >= 15 is 0 Å². The summed E-state index contributed by atoms with van der Waals surface area (Å²) in [5.41, 5.74) is -0.0707. The summed E-state index contributed by atoms with van der Waals surface area (Å²) in [6, 6.07) is 5.50. The normalized spacial score (nSPS) is 23.3. The number of carbonyl (C=O) groups is 2. The maximum Gasteiger partial charge on any atom is 0.269 e. The first-order chi connectivity index (χ1) is 12.8. The zero-order chi connectivity index (χ0) is 20.1. The van der Waals surface area contributed by atoms with Gasteiger partial charge in [0.15, 0.2) is 0 Å². The van der Waals surface area contributed by atoms with E-state index in [9.17, 15) is 19.7 Å². The second-order valence-electron chi connectivity index (χ2n) is 7.70. The average molecular weight is 377 g/mol. The highest BCUT2D eigenvalue weighted by molar-refractivity contribution is 5.94. The number of nitrogens with one attached hydrogen (secondary N) is 2. The van der Waals surface area contributed by atoms with Crippen molar-refractivity contribution in [2.75, 3.05) is 33.4 Å². The fourth-order valence-electron chi connectivity index (χ4n) is 3.63. The highest BCUT2D eigenvalue weighted by atomic mass is 16.6. The molecule has 1 aliphatic rings. The lowest BCUT2D eigenvalue weighted by Crippen LogP contribution is -2.36. The number of nitro groups is 1. The van der Waals surface area contributed by atoms with Crippen LogP contribution in [0.5, 0.6) is 0 Å². The van der Waals surface area contributed by atoms with Gasteiger partial charge >= 0.3 is 0 Å². The fraction of sp³-hybridized carbons (Fsp3) is 0.579. The van der Waals surface area contributed by atoms with Gasteiger partial charge in [-0.05, 0) is 29.9 Å². The molecule has 0 spiro atoms. The zero-order valence-corrected chi connectivity index (χ0v) is 16.0. The van der Waals surface area contributed by atoms with Crippen LogP contribution < -0.4 is 10.6 Å². The Morgan fingerprint density at radius 2 is 2.07 bits per heavy atom. The summed E-state index contributed by atoms with van der Waals surface area (Å²) in [7, 11) is 1.60. The van der Waals surface area contributed by atoms with Crippen LogP contribution in [0.1, 0.15) is 30.6 Å². The number of rotatable bonds is 11. The quantitative estimate of drug-likeness (QED) is 0.263. The van der Waals surface area contributed by atoms with Crippen LogP contribution in [-0.4, -0.2) is 50.5 Å². The molecule has 3 unspecified atom stereocenters.